The molecule has 0 amide bonds. The minimum Gasteiger partial charge on any atom is -0.368 e. The number of nitrogens with two attached hydrogens (primary N) is 1. The van der Waals surface area contributed by atoms with Crippen molar-refractivity contribution in [2.75, 3.05) is 5.73 Å². The maximum atomic E-state index is 11.1. The Labute approximate surface area is 96.3 Å². The van der Waals surface area contributed by atoms with Gasteiger partial charge in [-0.05, 0) is 18.6 Å². The molecule has 2 rings (SSSR count). The number of H-pyrrole nitrogens is 1. The van der Waals surface area contributed by atoms with E-state index in [-0.39, 0.29) is 5.95 Å². The largest absolute Gasteiger partial charge is 0.368 e. The lowest BCUT2D eigenvalue weighted by Crippen LogP contribution is -2.15. The lowest BCUT2D eigenvalue weighted by molar-refractivity contribution is 1.01. The molecule has 0 spiro atoms. The molecular formula is C10H9ClN4O. The topological polar surface area (TPSA) is 84.7 Å². The van der Waals surface area contributed by atoms with Crippen molar-refractivity contribution < 1.29 is 0 Å². The minimum atomic E-state index is -0.529. The second-order valence-electron chi connectivity index (χ2n) is 3.32. The van der Waals surface area contributed by atoms with E-state index in [0.717, 1.165) is 5.56 Å². The fraction of sp³-hybridized carbons (Fsp3) is 0.100. The van der Waals surface area contributed by atoms with Crippen LogP contribution in [-0.2, 0) is 0 Å². The summed E-state index contributed by atoms with van der Waals surface area (Å²) in [7, 11) is 0. The Morgan fingerprint density at radius 1 is 1.38 bits per heavy atom. The maximum absolute atomic E-state index is 11.1. The van der Waals surface area contributed by atoms with Gasteiger partial charge < -0.3 is 5.73 Å². The maximum Gasteiger partial charge on any atom is 0.349 e. The number of halogens is 1. The van der Waals surface area contributed by atoms with Crippen molar-refractivity contribution in [3.8, 4) is 11.4 Å². The second-order valence-corrected chi connectivity index (χ2v) is 3.73. The van der Waals surface area contributed by atoms with Crippen LogP contribution in [0.25, 0.3) is 11.4 Å². The molecule has 6 heteroatoms. The molecule has 0 aliphatic carbocycles. The van der Waals surface area contributed by atoms with Crippen LogP contribution in [0.4, 0.5) is 5.95 Å². The van der Waals surface area contributed by atoms with Crippen molar-refractivity contribution in [2.45, 2.75) is 6.92 Å². The van der Waals surface area contributed by atoms with E-state index in [1.807, 2.05) is 13.0 Å². The number of aryl methyl sites for hydroxylation is 1. The lowest BCUT2D eigenvalue weighted by atomic mass is 10.1. The third-order valence-corrected chi connectivity index (χ3v) is 2.52. The van der Waals surface area contributed by atoms with Crippen LogP contribution in [0.5, 0.6) is 0 Å². The molecule has 2 aromatic rings. The third kappa shape index (κ3) is 2.04. The molecule has 0 bridgehead atoms. The first kappa shape index (κ1) is 10.6. The van der Waals surface area contributed by atoms with Crippen LogP contribution in [0.1, 0.15) is 5.56 Å². The summed E-state index contributed by atoms with van der Waals surface area (Å²) in [6.45, 7) is 1.89. The van der Waals surface area contributed by atoms with Gasteiger partial charge in [0.2, 0.25) is 5.95 Å². The quantitative estimate of drug-likeness (QED) is 0.783. The minimum absolute atomic E-state index is 0.0598. The zero-order valence-corrected chi connectivity index (χ0v) is 9.25. The number of anilines is 1. The number of hydrogen-bond donors (Lipinski definition) is 2. The molecule has 16 heavy (non-hydrogen) atoms. The predicted octanol–water partition coefficient (Wildman–Crippen LogP) is 1.38. The van der Waals surface area contributed by atoms with Gasteiger partial charge in [0.25, 0.3) is 0 Å². The Morgan fingerprint density at radius 3 is 2.75 bits per heavy atom. The van der Waals surface area contributed by atoms with Crippen LogP contribution in [0, 0.1) is 6.92 Å². The van der Waals surface area contributed by atoms with Gasteiger partial charge in [-0.25, -0.2) is 4.79 Å². The predicted molar refractivity (Wildman–Crippen MR) is 62.2 cm³/mol. The van der Waals surface area contributed by atoms with E-state index in [0.29, 0.717) is 16.4 Å². The summed E-state index contributed by atoms with van der Waals surface area (Å²) >= 11 is 5.98. The van der Waals surface area contributed by atoms with Crippen LogP contribution in [0.15, 0.2) is 23.0 Å². The van der Waals surface area contributed by atoms with E-state index < -0.39 is 5.69 Å². The molecule has 1 aromatic carbocycles. The Bertz CT molecular complexity index is 594. The SMILES string of the molecule is Cc1ccc(-c2nc(N)nc(=O)[nH]2)cc1Cl. The third-order valence-electron chi connectivity index (χ3n) is 2.11. The van der Waals surface area contributed by atoms with Crippen LogP contribution in [0.2, 0.25) is 5.02 Å². The molecule has 0 fully saturated rings. The average Bonchev–Trinajstić information content (AvgIpc) is 2.20. The van der Waals surface area contributed by atoms with Gasteiger partial charge in [-0.15, -0.1) is 0 Å². The molecule has 0 atom stereocenters. The summed E-state index contributed by atoms with van der Waals surface area (Å²) in [5, 5.41) is 0.607. The molecule has 5 nitrogen and oxygen atoms in total. The number of hydrogen-bond acceptors (Lipinski definition) is 4. The van der Waals surface area contributed by atoms with E-state index in [2.05, 4.69) is 15.0 Å². The number of nitrogens with zero attached hydrogens (tertiary/aromatic N) is 2. The van der Waals surface area contributed by atoms with Crippen molar-refractivity contribution in [3.05, 3.63) is 39.3 Å². The van der Waals surface area contributed by atoms with Gasteiger partial charge in [-0.3, -0.25) is 4.98 Å². The van der Waals surface area contributed by atoms with Gasteiger partial charge in [-0.1, -0.05) is 23.7 Å². The van der Waals surface area contributed by atoms with Crippen LogP contribution in [-0.4, -0.2) is 15.0 Å². The van der Waals surface area contributed by atoms with Gasteiger partial charge in [0.15, 0.2) is 0 Å². The molecule has 0 radical (unpaired) electrons. The first-order valence-corrected chi connectivity index (χ1v) is 4.94. The van der Waals surface area contributed by atoms with Gasteiger partial charge in [0, 0.05) is 10.6 Å². The molecule has 1 aromatic heterocycles. The number of rotatable bonds is 1. The molecule has 0 saturated carbocycles. The Morgan fingerprint density at radius 2 is 2.12 bits per heavy atom. The fourth-order valence-corrected chi connectivity index (χ4v) is 1.46. The van der Waals surface area contributed by atoms with Crippen molar-refractivity contribution in [1.82, 2.24) is 15.0 Å². The summed E-state index contributed by atoms with van der Waals surface area (Å²) in [4.78, 5) is 21.0. The van der Waals surface area contributed by atoms with Crippen molar-refractivity contribution in [3.63, 3.8) is 0 Å². The number of benzene rings is 1. The fourth-order valence-electron chi connectivity index (χ4n) is 1.28. The van der Waals surface area contributed by atoms with Crippen molar-refractivity contribution >= 4 is 17.5 Å². The number of aromatic amines is 1. The van der Waals surface area contributed by atoms with Crippen LogP contribution in [0.3, 0.4) is 0 Å². The first-order chi connectivity index (χ1) is 7.56. The molecule has 0 saturated heterocycles. The molecule has 1 heterocycles. The summed E-state index contributed by atoms with van der Waals surface area (Å²) < 4.78 is 0. The van der Waals surface area contributed by atoms with Crippen LogP contribution >= 0.6 is 11.6 Å². The van der Waals surface area contributed by atoms with Crippen molar-refractivity contribution in [2.24, 2.45) is 0 Å². The Hall–Kier alpha value is -1.88. The van der Waals surface area contributed by atoms with Gasteiger partial charge in [-0.2, -0.15) is 9.97 Å². The smallest absolute Gasteiger partial charge is 0.349 e. The zero-order chi connectivity index (χ0) is 11.7. The monoisotopic (exact) mass is 236 g/mol. The second kappa shape index (κ2) is 3.94. The zero-order valence-electron chi connectivity index (χ0n) is 8.49. The highest BCUT2D eigenvalue weighted by Crippen LogP contribution is 2.22. The molecule has 0 unspecified atom stereocenters. The Kier molecular flexibility index (Phi) is 2.62. The standard InChI is InChI=1S/C10H9ClN4O/c1-5-2-3-6(4-7(5)11)8-13-9(12)15-10(16)14-8/h2-4H,1H3,(H3,12,13,14,15,16). The normalized spacial score (nSPS) is 10.4. The van der Waals surface area contributed by atoms with E-state index in [1.165, 1.54) is 0 Å². The average molecular weight is 237 g/mol. The highest BCUT2D eigenvalue weighted by Gasteiger charge is 2.05. The number of nitrogens with one attached hydrogen (secondary N) is 1. The summed E-state index contributed by atoms with van der Waals surface area (Å²) in [6, 6.07) is 5.36. The van der Waals surface area contributed by atoms with E-state index in [4.69, 9.17) is 17.3 Å². The van der Waals surface area contributed by atoms with Gasteiger partial charge in [0.05, 0.1) is 0 Å². The van der Waals surface area contributed by atoms with Crippen LogP contribution < -0.4 is 11.4 Å². The molecule has 82 valence electrons. The molecule has 0 aliphatic heterocycles. The van der Waals surface area contributed by atoms with E-state index in [1.54, 1.807) is 12.1 Å². The van der Waals surface area contributed by atoms with Crippen molar-refractivity contribution in [1.29, 1.82) is 0 Å². The lowest BCUT2D eigenvalue weighted by Gasteiger charge is -2.03. The highest BCUT2D eigenvalue weighted by molar-refractivity contribution is 6.31. The van der Waals surface area contributed by atoms with Gasteiger partial charge >= 0.3 is 5.69 Å². The summed E-state index contributed by atoms with van der Waals surface area (Å²) in [6.07, 6.45) is 0. The molecule has 0 aliphatic rings. The summed E-state index contributed by atoms with van der Waals surface area (Å²) in [5.41, 5.74) is 6.51. The van der Waals surface area contributed by atoms with Gasteiger partial charge in [0.1, 0.15) is 5.82 Å². The molecule has 3 N–H and O–H groups in total. The van der Waals surface area contributed by atoms with E-state index in [9.17, 15) is 4.79 Å². The summed E-state index contributed by atoms with van der Waals surface area (Å²) in [5.74, 6) is 0.301. The molecular weight excluding hydrogens is 228 g/mol. The highest BCUT2D eigenvalue weighted by atomic mass is 35.5. The number of nitrogen functional groups attached to an aromatic ring is 1. The first-order valence-electron chi connectivity index (χ1n) is 4.56. The number of aromatic nitrogens is 3. The van der Waals surface area contributed by atoms with E-state index >= 15 is 0 Å². The Balaban J connectivity index is 2.58.